The number of benzene rings is 1. The van der Waals surface area contributed by atoms with Gasteiger partial charge >= 0.3 is 0 Å². The number of aliphatic hydroxyl groups excluding tert-OH is 2. The van der Waals surface area contributed by atoms with Crippen molar-refractivity contribution >= 4 is 34.0 Å². The van der Waals surface area contributed by atoms with Crippen LogP contribution in [0.2, 0.25) is 0 Å². The first-order valence-electron chi connectivity index (χ1n) is 10.8. The van der Waals surface area contributed by atoms with Crippen LogP contribution in [-0.4, -0.2) is 71.8 Å². The van der Waals surface area contributed by atoms with E-state index in [9.17, 15) is 14.8 Å². The van der Waals surface area contributed by atoms with Gasteiger partial charge in [0.05, 0.1) is 13.1 Å². The van der Waals surface area contributed by atoms with E-state index in [1.54, 1.807) is 0 Å². The molecule has 0 spiro atoms. The highest BCUT2D eigenvalue weighted by atomic mass is 32.2. The fourth-order valence-corrected chi connectivity index (χ4v) is 4.73. The van der Waals surface area contributed by atoms with Crippen LogP contribution in [0.15, 0.2) is 30.6 Å². The van der Waals surface area contributed by atoms with E-state index in [0.29, 0.717) is 48.1 Å². The molecule has 1 aromatic carbocycles. The third kappa shape index (κ3) is 5.27. The summed E-state index contributed by atoms with van der Waals surface area (Å²) < 4.78 is 17.9. The van der Waals surface area contributed by atoms with E-state index in [1.807, 2.05) is 36.1 Å². The van der Waals surface area contributed by atoms with Crippen LogP contribution in [0.5, 0.6) is 5.88 Å². The molecule has 176 valence electrons. The minimum absolute atomic E-state index is 0.129. The van der Waals surface area contributed by atoms with Crippen molar-refractivity contribution in [2.45, 2.75) is 39.8 Å². The largest absolute Gasteiger partial charge is 0.616 e. The molecule has 33 heavy (non-hydrogen) atoms. The lowest BCUT2D eigenvalue weighted by atomic mass is 10.2. The van der Waals surface area contributed by atoms with Crippen molar-refractivity contribution in [3.63, 3.8) is 0 Å². The van der Waals surface area contributed by atoms with Gasteiger partial charge in [-0.25, -0.2) is 9.97 Å². The third-order valence-corrected chi connectivity index (χ3v) is 6.70. The van der Waals surface area contributed by atoms with E-state index in [4.69, 9.17) is 4.74 Å². The summed E-state index contributed by atoms with van der Waals surface area (Å²) in [5, 5.41) is 20.5. The van der Waals surface area contributed by atoms with E-state index in [0.717, 1.165) is 11.1 Å². The first-order valence-corrected chi connectivity index (χ1v) is 12.3. The molecule has 10 nitrogen and oxygen atoms in total. The van der Waals surface area contributed by atoms with Crippen molar-refractivity contribution in [3.8, 4) is 5.88 Å². The number of hydrogen-bond donors (Lipinski definition) is 2. The summed E-state index contributed by atoms with van der Waals surface area (Å²) in [6.45, 7) is 6.46. The predicted molar refractivity (Wildman–Crippen MR) is 127 cm³/mol. The number of aryl methyl sites for hydroxylation is 1. The predicted octanol–water partition coefficient (Wildman–Crippen LogP) is 1.36. The van der Waals surface area contributed by atoms with Crippen molar-refractivity contribution in [1.82, 2.24) is 19.9 Å². The van der Waals surface area contributed by atoms with Gasteiger partial charge in [-0.1, -0.05) is 41.0 Å². The minimum atomic E-state index is -1.04. The van der Waals surface area contributed by atoms with Gasteiger partial charge < -0.3 is 24.4 Å². The Bertz CT molecular complexity index is 1080. The van der Waals surface area contributed by atoms with Crippen molar-refractivity contribution in [2.24, 2.45) is 0 Å². The topological polar surface area (TPSA) is 131 Å². The normalized spacial score (nSPS) is 16.6. The number of fused-ring (bicyclic) bond motifs is 1. The van der Waals surface area contributed by atoms with Crippen LogP contribution >= 0.6 is 0 Å². The summed E-state index contributed by atoms with van der Waals surface area (Å²) in [5.74, 6) is 1.99. The molecule has 2 N–H and O–H groups in total. The molecule has 2 unspecified atom stereocenters. The van der Waals surface area contributed by atoms with Crippen molar-refractivity contribution < 1.29 is 19.5 Å². The van der Waals surface area contributed by atoms with Crippen LogP contribution in [0.3, 0.4) is 0 Å². The average Bonchev–Trinajstić information content (AvgIpc) is 2.78. The third-order valence-electron chi connectivity index (χ3n) is 5.43. The Morgan fingerprint density at radius 2 is 1.73 bits per heavy atom. The second kappa shape index (κ2) is 10.0. The van der Waals surface area contributed by atoms with Crippen LogP contribution < -0.4 is 14.5 Å². The number of anilines is 2. The number of nitrogens with zero attached hydrogens (tertiary/aromatic N) is 6. The van der Waals surface area contributed by atoms with E-state index in [-0.39, 0.29) is 11.8 Å². The van der Waals surface area contributed by atoms with Gasteiger partial charge in [0.1, 0.15) is 42.4 Å². The molecule has 1 saturated heterocycles. The molecule has 1 aliphatic rings. The van der Waals surface area contributed by atoms with Gasteiger partial charge in [-0.15, -0.1) is 0 Å². The molecule has 1 aliphatic heterocycles. The summed E-state index contributed by atoms with van der Waals surface area (Å²) in [6, 6.07) is 8.00. The number of hydrogen-bond acceptors (Lipinski definition) is 10. The molecule has 0 radical (unpaired) electrons. The molecule has 2 atom stereocenters. The SMILES string of the molecule is Cc1ccc(COc2ncnc3c(N4CC[S+]([O-])CC4)nc(N(C(C)O)C(C)O)nc23)cc1. The molecule has 3 heterocycles. The zero-order chi connectivity index (χ0) is 23.5. The number of ether oxygens (including phenoxy) is 1. The first-order chi connectivity index (χ1) is 15.8. The molecule has 2 aromatic heterocycles. The van der Waals surface area contributed by atoms with Gasteiger partial charge in [-0.2, -0.15) is 9.97 Å². The quantitative estimate of drug-likeness (QED) is 0.384. The maximum absolute atomic E-state index is 11.9. The van der Waals surface area contributed by atoms with Gasteiger partial charge in [0.15, 0.2) is 11.3 Å². The Kier molecular flexibility index (Phi) is 7.13. The van der Waals surface area contributed by atoms with Gasteiger partial charge in [-0.3, -0.25) is 4.90 Å². The number of aromatic nitrogens is 4. The molecule has 0 amide bonds. The Morgan fingerprint density at radius 3 is 2.36 bits per heavy atom. The summed E-state index contributed by atoms with van der Waals surface area (Å²) in [5.41, 5.74) is 3.01. The van der Waals surface area contributed by atoms with Crippen molar-refractivity contribution in [2.75, 3.05) is 34.4 Å². The molecule has 0 bridgehead atoms. The molecular weight excluding hydrogens is 444 g/mol. The Labute approximate surface area is 195 Å². The highest BCUT2D eigenvalue weighted by Gasteiger charge is 2.28. The fourth-order valence-electron chi connectivity index (χ4n) is 3.67. The van der Waals surface area contributed by atoms with Gasteiger partial charge in [0.25, 0.3) is 0 Å². The van der Waals surface area contributed by atoms with Crippen LogP contribution in [0.4, 0.5) is 11.8 Å². The summed E-state index contributed by atoms with van der Waals surface area (Å²) in [7, 11) is 0. The van der Waals surface area contributed by atoms with Gasteiger partial charge in [0, 0.05) is 0 Å². The highest BCUT2D eigenvalue weighted by molar-refractivity contribution is 7.91. The highest BCUT2D eigenvalue weighted by Crippen LogP contribution is 2.31. The van der Waals surface area contributed by atoms with Gasteiger partial charge in [0.2, 0.25) is 11.8 Å². The molecule has 4 rings (SSSR count). The van der Waals surface area contributed by atoms with Crippen LogP contribution in [-0.2, 0) is 17.8 Å². The average molecular weight is 473 g/mol. The van der Waals surface area contributed by atoms with Gasteiger partial charge in [-0.05, 0) is 26.3 Å². The van der Waals surface area contributed by atoms with Crippen molar-refractivity contribution in [1.29, 1.82) is 0 Å². The van der Waals surface area contributed by atoms with E-state index in [1.165, 1.54) is 25.1 Å². The standard InChI is InChI=1S/C22H28N6O4S/c1-14-4-6-17(7-5-14)12-32-21-19-18(23-13-24-21)20(27-8-10-33(31)11-9-27)26-22(25-19)28(15(2)29)16(3)30/h4-7,13,15-16,29-30H,8-12H2,1-3H3. The Hall–Kier alpha value is -2.73. The van der Waals surface area contributed by atoms with Crippen molar-refractivity contribution in [3.05, 3.63) is 41.7 Å². The summed E-state index contributed by atoms with van der Waals surface area (Å²) >= 11 is -0.861. The second-order valence-corrected chi connectivity index (χ2v) is 9.70. The molecule has 11 heteroatoms. The second-order valence-electron chi connectivity index (χ2n) is 8.00. The summed E-state index contributed by atoms with van der Waals surface area (Å²) in [6.07, 6.45) is -0.667. The molecule has 1 fully saturated rings. The molecule has 3 aromatic rings. The summed E-state index contributed by atoms with van der Waals surface area (Å²) in [4.78, 5) is 21.2. The lowest BCUT2D eigenvalue weighted by molar-refractivity contribution is 0.103. The van der Waals surface area contributed by atoms with Crippen LogP contribution in [0.25, 0.3) is 11.0 Å². The maximum atomic E-state index is 11.9. The van der Waals surface area contributed by atoms with E-state index in [2.05, 4.69) is 19.9 Å². The monoisotopic (exact) mass is 472 g/mol. The Balaban J connectivity index is 1.78. The lowest BCUT2D eigenvalue weighted by Crippen LogP contribution is -2.43. The Morgan fingerprint density at radius 1 is 1.06 bits per heavy atom. The smallest absolute Gasteiger partial charge is 0.244 e. The minimum Gasteiger partial charge on any atom is -0.616 e. The fraction of sp³-hybridized carbons (Fsp3) is 0.455. The lowest BCUT2D eigenvalue weighted by Gasteiger charge is -2.32. The zero-order valence-corrected chi connectivity index (χ0v) is 19.7. The van der Waals surface area contributed by atoms with E-state index >= 15 is 0 Å². The first kappa shape index (κ1) is 23.4. The molecule has 0 aliphatic carbocycles. The zero-order valence-electron chi connectivity index (χ0n) is 18.9. The number of rotatable bonds is 7. The molecule has 0 saturated carbocycles. The molecular formula is C22H28N6O4S. The number of aliphatic hydroxyl groups is 2. The van der Waals surface area contributed by atoms with E-state index < -0.39 is 23.6 Å². The van der Waals surface area contributed by atoms with Crippen LogP contribution in [0, 0.1) is 6.92 Å². The van der Waals surface area contributed by atoms with Crippen LogP contribution in [0.1, 0.15) is 25.0 Å². The maximum Gasteiger partial charge on any atom is 0.244 e.